The van der Waals surface area contributed by atoms with Gasteiger partial charge in [0.05, 0.1) is 48.8 Å². The van der Waals surface area contributed by atoms with Crippen molar-refractivity contribution in [1.82, 2.24) is 15.0 Å². The Labute approximate surface area is 378 Å². The zero-order valence-electron chi connectivity index (χ0n) is 38.0. The van der Waals surface area contributed by atoms with Crippen LogP contribution in [0.15, 0.2) is 60.4 Å². The van der Waals surface area contributed by atoms with Crippen LogP contribution >= 0.6 is 0 Å². The lowest BCUT2D eigenvalue weighted by atomic mass is 9.69. The van der Waals surface area contributed by atoms with Gasteiger partial charge in [0.25, 0.3) is 0 Å². The van der Waals surface area contributed by atoms with Crippen LogP contribution in [0, 0.1) is 11.8 Å². The number of ether oxygens (including phenoxy) is 8. The topological polar surface area (TPSA) is 183 Å². The van der Waals surface area contributed by atoms with Crippen molar-refractivity contribution in [3.63, 3.8) is 0 Å². The van der Waals surface area contributed by atoms with Crippen molar-refractivity contribution in [3.05, 3.63) is 90.8 Å². The van der Waals surface area contributed by atoms with Crippen LogP contribution in [0.4, 0.5) is 11.6 Å². The minimum Gasteiger partial charge on any atom is -0.344 e. The summed E-state index contributed by atoms with van der Waals surface area (Å²) in [7, 11) is 0. The van der Waals surface area contributed by atoms with Crippen molar-refractivity contribution in [2.45, 2.75) is 182 Å². The third kappa shape index (κ3) is 4.49. The standard InChI is InChI=1S/C50H52N8O8/c1-47(2)59-31-15-9-11-17(33(31)61-47)25-23(15)39-51-40-24-16-10-12-18(34-32(16)60-48(3,4)62-34)26(24)42(53-40)55-44-28-20-14-22(38-36(20)64-50(7,8)66-38)30(28)46(57-44)58-45-29-21-13-19(35-37(21)65-49(5,6)63-35)27(29)43(56-45)54-41(25)52-39/h9-12,15-22,31-38,45,53H,13-14H2,1-8H3,(H,55,57,58)(H,51,52,54,56). The van der Waals surface area contributed by atoms with Crippen molar-refractivity contribution in [2.24, 2.45) is 36.8 Å². The van der Waals surface area contributed by atoms with Crippen LogP contribution in [-0.2, 0) is 37.9 Å². The predicted octanol–water partition coefficient (Wildman–Crippen LogP) is 4.68. The normalized spacial score (nSPS) is 45.6. The van der Waals surface area contributed by atoms with E-state index < -0.39 is 29.3 Å². The highest BCUT2D eigenvalue weighted by Crippen LogP contribution is 2.62. The summed E-state index contributed by atoms with van der Waals surface area (Å²) >= 11 is 0. The number of rotatable bonds is 0. The van der Waals surface area contributed by atoms with E-state index in [9.17, 15) is 0 Å². The van der Waals surface area contributed by atoms with Gasteiger partial charge in [0, 0.05) is 86.3 Å². The summed E-state index contributed by atoms with van der Waals surface area (Å²) in [5.41, 5.74) is 12.1. The highest BCUT2D eigenvalue weighted by atomic mass is 16.8. The highest BCUT2D eigenvalue weighted by molar-refractivity contribution is 6.04. The first-order valence-corrected chi connectivity index (χ1v) is 24.3. The van der Waals surface area contributed by atoms with E-state index in [1.54, 1.807) is 0 Å². The maximum Gasteiger partial charge on any atom is 0.166 e. The van der Waals surface area contributed by atoms with Crippen LogP contribution in [0.3, 0.4) is 0 Å². The molecule has 6 aliphatic heterocycles. The number of hydrogen-bond donors (Lipinski definition) is 3. The molecule has 4 saturated heterocycles. The summed E-state index contributed by atoms with van der Waals surface area (Å²) < 4.78 is 53.5. The molecule has 3 N–H and O–H groups in total. The molecule has 3 aromatic heterocycles. The fraction of sp³-hybridized carbons (Fsp3) is 0.620. The Hall–Kier alpha value is -4.39. The van der Waals surface area contributed by atoms with E-state index in [0.717, 1.165) is 79.8 Å². The van der Waals surface area contributed by atoms with Gasteiger partial charge in [-0.2, -0.15) is 0 Å². The van der Waals surface area contributed by atoms with E-state index in [-0.39, 0.29) is 96.2 Å². The number of aromatic amines is 3. The van der Waals surface area contributed by atoms with Crippen LogP contribution in [0.1, 0.15) is 137 Å². The molecular formula is C50H52N8O8. The lowest BCUT2D eigenvalue weighted by Crippen LogP contribution is -2.44. The van der Waals surface area contributed by atoms with Crippen LogP contribution in [-0.4, -0.2) is 98.9 Å². The van der Waals surface area contributed by atoms with E-state index in [1.807, 2.05) is 55.4 Å². The minimum absolute atomic E-state index is 0.0748. The van der Waals surface area contributed by atoms with Gasteiger partial charge in [-0.25, -0.2) is 25.0 Å². The zero-order valence-corrected chi connectivity index (χ0v) is 38.0. The van der Waals surface area contributed by atoms with Crippen LogP contribution in [0.25, 0.3) is 0 Å². The lowest BCUT2D eigenvalue weighted by Gasteiger charge is -2.39. The Kier molecular flexibility index (Phi) is 6.48. The first-order chi connectivity index (χ1) is 31.6. The van der Waals surface area contributed by atoms with Crippen LogP contribution in [0.2, 0.25) is 0 Å². The molecule has 9 heterocycles. The Balaban J connectivity index is 0.951. The maximum absolute atomic E-state index is 6.71. The van der Waals surface area contributed by atoms with Gasteiger partial charge in [-0.05, 0) is 73.8 Å². The third-order valence-corrected chi connectivity index (χ3v) is 17.7. The molecule has 16 heteroatoms. The van der Waals surface area contributed by atoms with Gasteiger partial charge in [0.2, 0.25) is 0 Å². The van der Waals surface area contributed by atoms with Gasteiger partial charge in [-0.1, -0.05) is 24.3 Å². The molecule has 6 fully saturated rings. The molecule has 0 aromatic carbocycles. The Morgan fingerprint density at radius 3 is 1.33 bits per heavy atom. The quantitative estimate of drug-likeness (QED) is 0.272. The zero-order chi connectivity index (χ0) is 44.0. The molecule has 3 aromatic rings. The second-order valence-corrected chi connectivity index (χ2v) is 23.1. The van der Waals surface area contributed by atoms with E-state index in [1.165, 1.54) is 11.1 Å². The first-order valence-electron chi connectivity index (χ1n) is 24.3. The number of fused-ring (bicyclic) bond motifs is 26. The fourth-order valence-electron chi connectivity index (χ4n) is 15.9. The second-order valence-electron chi connectivity index (χ2n) is 23.1. The van der Waals surface area contributed by atoms with Crippen molar-refractivity contribution in [3.8, 4) is 0 Å². The summed E-state index contributed by atoms with van der Waals surface area (Å²) in [5.74, 6) is -0.684. The van der Waals surface area contributed by atoms with Crippen LogP contribution in [0.5, 0.6) is 0 Å². The predicted molar refractivity (Wildman–Crippen MR) is 231 cm³/mol. The third-order valence-electron chi connectivity index (χ3n) is 17.7. The van der Waals surface area contributed by atoms with Gasteiger partial charge < -0.3 is 52.8 Å². The van der Waals surface area contributed by atoms with Gasteiger partial charge in [0.15, 0.2) is 35.1 Å². The molecular weight excluding hydrogens is 841 g/mol. The monoisotopic (exact) mass is 892 g/mol. The number of nitrogens with one attached hydrogen (secondary N) is 3. The van der Waals surface area contributed by atoms with Gasteiger partial charge >= 0.3 is 0 Å². The molecule has 19 rings (SSSR count). The van der Waals surface area contributed by atoms with Gasteiger partial charge in [-0.3, -0.25) is 0 Å². The van der Waals surface area contributed by atoms with Gasteiger partial charge in [0.1, 0.15) is 33.6 Å². The van der Waals surface area contributed by atoms with Crippen LogP contribution < -0.4 is 22.0 Å². The summed E-state index contributed by atoms with van der Waals surface area (Å²) in [6, 6.07) is 0. The van der Waals surface area contributed by atoms with Crippen molar-refractivity contribution in [1.29, 1.82) is 0 Å². The molecule has 10 aliphatic carbocycles. The van der Waals surface area contributed by atoms with Crippen molar-refractivity contribution in [2.75, 3.05) is 0 Å². The van der Waals surface area contributed by atoms with Crippen molar-refractivity contribution < 1.29 is 37.9 Å². The molecule has 0 radical (unpaired) electrons. The molecule has 2 saturated carbocycles. The molecule has 16 nitrogen and oxygen atoms in total. The molecule has 0 amide bonds. The molecule has 340 valence electrons. The van der Waals surface area contributed by atoms with E-state index in [0.29, 0.717) is 5.84 Å². The molecule has 17 unspecified atom stereocenters. The van der Waals surface area contributed by atoms with E-state index >= 15 is 0 Å². The number of nitrogens with zero attached hydrogens (tertiary/aromatic N) is 5. The van der Waals surface area contributed by atoms with E-state index in [2.05, 4.69) is 39.3 Å². The molecule has 17 atom stereocenters. The second kappa shape index (κ2) is 11.4. The van der Waals surface area contributed by atoms with Gasteiger partial charge in [-0.15, -0.1) is 0 Å². The Bertz CT molecular complexity index is 3240. The average Bonchev–Trinajstić information content (AvgIpc) is 4.08. The number of amidine groups is 1. The van der Waals surface area contributed by atoms with E-state index in [4.69, 9.17) is 62.9 Å². The highest BCUT2D eigenvalue weighted by Gasteiger charge is 2.65. The average molecular weight is 893 g/mol. The summed E-state index contributed by atoms with van der Waals surface area (Å²) in [6.45, 7) is 16.1. The summed E-state index contributed by atoms with van der Waals surface area (Å²) in [6.07, 6.45) is 9.45. The number of aromatic nitrogens is 3. The molecule has 66 heavy (non-hydrogen) atoms. The minimum atomic E-state index is -0.730. The van der Waals surface area contributed by atoms with Crippen molar-refractivity contribution >= 4 is 17.5 Å². The summed E-state index contributed by atoms with van der Waals surface area (Å²) in [5, 5.41) is 0. The molecule has 0 spiro atoms. The number of H-pyrrole nitrogens is 3. The molecule has 16 bridgehead atoms. The number of aliphatic imine (C=N–C) groups is 1. The fourth-order valence-corrected chi connectivity index (χ4v) is 15.9. The lowest BCUT2D eigenvalue weighted by molar-refractivity contribution is -0.156. The maximum atomic E-state index is 6.71. The first kappa shape index (κ1) is 37.6. The number of hydrogen-bond acceptors (Lipinski definition) is 13. The molecule has 16 aliphatic rings. The smallest absolute Gasteiger partial charge is 0.166 e. The summed E-state index contributed by atoms with van der Waals surface area (Å²) in [4.78, 5) is 39.6. The largest absolute Gasteiger partial charge is 0.344 e. The Morgan fingerprint density at radius 1 is 0.409 bits per heavy atom. The SMILES string of the molecule is CC1(C)OC2C3CC(C4=C3C3=NC4/N=c4\[nH]c(c5c4C4CC5C5OC(C)(C)OC45)=Nc4[nH]c(c5c4C4C=CC5C5OC(C)(C)OC45)N=c4[nH]c(c5c4C4C=CC5C5OC(C)(C)OC45)=N3)C2O1. The Morgan fingerprint density at radius 2 is 0.803 bits per heavy atom.